The van der Waals surface area contributed by atoms with Crippen LogP contribution in [0.3, 0.4) is 0 Å². The van der Waals surface area contributed by atoms with E-state index >= 15 is 0 Å². The summed E-state index contributed by atoms with van der Waals surface area (Å²) in [4.78, 5) is 50.9. The van der Waals surface area contributed by atoms with Gasteiger partial charge in [0.05, 0.1) is 34.1 Å². The zero-order valence-electron chi connectivity index (χ0n) is 35.0. The molecule has 3 aliphatic rings. The molecule has 3 atom stereocenters. The lowest BCUT2D eigenvalue weighted by Crippen LogP contribution is -2.17. The van der Waals surface area contributed by atoms with Gasteiger partial charge in [-0.2, -0.15) is 24.9 Å². The van der Waals surface area contributed by atoms with E-state index in [-0.39, 0.29) is 61.6 Å². The molecule has 0 radical (unpaired) electrons. The maximum absolute atomic E-state index is 13.0. The first-order chi connectivity index (χ1) is 29.8. The quantitative estimate of drug-likeness (QED) is 0.156. The number of aryl methyl sites for hydroxylation is 3. The molecule has 12 nitrogen and oxygen atoms in total. The van der Waals surface area contributed by atoms with Crippen LogP contribution in [0.2, 0.25) is 0 Å². The summed E-state index contributed by atoms with van der Waals surface area (Å²) in [7, 11) is 0. The Hall–Kier alpha value is -5.46. The standard InChI is InChI=1S/C17H14F3NO3S.C16H15NO3S.C12H15NO3S/c1-8-5-13(22)15(16(23)24-8)12-6-9(2)25-14-4-3-10(17(18,19)20)7-11(14)21-12;1-9-7-13(18)15(16(19)20-9)12-8-10(2)21-14-6-4-3-5-11(14)17-12;1-7-5-10(14)11(12(15)16-7)9-6-8(2)17-4-3-13-9/h3-5,7,9,22H,6H2,1-2H3;3-7,10,18H,8H2,1-2H3;5,8,14H,3-4,6H2,1-2H3. The number of para-hydroxylation sites is 1. The normalized spacial score (nSPS) is 18.6. The number of nitrogens with zero attached hydrogens (tertiary/aromatic N) is 3. The van der Waals surface area contributed by atoms with Crippen molar-refractivity contribution in [2.75, 3.05) is 12.3 Å². The molecule has 6 heterocycles. The third kappa shape index (κ3) is 11.8. The Kier molecular flexibility index (Phi) is 14.9. The summed E-state index contributed by atoms with van der Waals surface area (Å²) in [5.41, 5.74) is 0.0683. The van der Waals surface area contributed by atoms with Gasteiger partial charge in [-0.3, -0.25) is 15.0 Å². The van der Waals surface area contributed by atoms with Crippen LogP contribution >= 0.6 is 35.3 Å². The van der Waals surface area contributed by atoms with Crippen molar-refractivity contribution in [3.05, 3.63) is 131 Å². The maximum Gasteiger partial charge on any atom is 0.416 e. The molecule has 0 bridgehead atoms. The Balaban J connectivity index is 0.000000160. The van der Waals surface area contributed by atoms with Gasteiger partial charge in [-0.05, 0) is 51.1 Å². The number of fused-ring (bicyclic) bond motifs is 2. The highest BCUT2D eigenvalue weighted by Crippen LogP contribution is 2.42. The first kappa shape index (κ1) is 47.0. The minimum atomic E-state index is -4.49. The van der Waals surface area contributed by atoms with Crippen molar-refractivity contribution in [2.45, 2.75) is 92.5 Å². The van der Waals surface area contributed by atoms with Crippen molar-refractivity contribution in [1.82, 2.24) is 0 Å². The SMILES string of the molecule is Cc1cc(O)c(C2=NCCSC(C)C2)c(=O)o1.Cc1cc(O)c(C2=Nc3cc(C(F)(F)F)ccc3SC(C)C2)c(=O)o1.Cc1cc(O)c(C2=Nc3ccccc3SC(C)C2)c(=O)o1. The topological polar surface area (TPSA) is 188 Å². The monoisotopic (exact) mass is 923 g/mol. The van der Waals surface area contributed by atoms with Gasteiger partial charge in [0.1, 0.15) is 51.2 Å². The summed E-state index contributed by atoms with van der Waals surface area (Å²) >= 11 is 4.91. The fourth-order valence-electron chi connectivity index (χ4n) is 6.89. The molecule has 18 heteroatoms. The molecule has 3 unspecified atom stereocenters. The lowest BCUT2D eigenvalue weighted by Gasteiger charge is -2.10. The van der Waals surface area contributed by atoms with E-state index in [0.29, 0.717) is 58.9 Å². The first-order valence-corrected chi connectivity index (χ1v) is 22.5. The molecule has 0 amide bonds. The summed E-state index contributed by atoms with van der Waals surface area (Å²) < 4.78 is 54.0. The van der Waals surface area contributed by atoms with Crippen LogP contribution in [0.1, 0.15) is 79.6 Å². The molecule has 5 aromatic rings. The van der Waals surface area contributed by atoms with Gasteiger partial charge >= 0.3 is 23.1 Å². The number of benzene rings is 2. The third-order valence-electron chi connectivity index (χ3n) is 9.58. The molecule has 0 fully saturated rings. The second-order valence-corrected chi connectivity index (χ2v) is 19.5. The van der Waals surface area contributed by atoms with Crippen LogP contribution in [0.25, 0.3) is 0 Å². The van der Waals surface area contributed by atoms with Gasteiger partial charge in [-0.1, -0.05) is 32.9 Å². The van der Waals surface area contributed by atoms with Crippen LogP contribution in [0.5, 0.6) is 17.2 Å². The largest absolute Gasteiger partial charge is 0.507 e. The van der Waals surface area contributed by atoms with Crippen molar-refractivity contribution in [1.29, 1.82) is 0 Å². The Morgan fingerprint density at radius 2 is 1.05 bits per heavy atom. The Bertz CT molecular complexity index is 2800. The van der Waals surface area contributed by atoms with E-state index in [1.54, 1.807) is 25.6 Å². The molecule has 0 saturated carbocycles. The van der Waals surface area contributed by atoms with Gasteiger partial charge in [0.25, 0.3) is 0 Å². The van der Waals surface area contributed by atoms with E-state index < -0.39 is 28.6 Å². The Morgan fingerprint density at radius 3 is 1.54 bits per heavy atom. The average Bonchev–Trinajstić information content (AvgIpc) is 3.56. The molecule has 0 saturated heterocycles. The van der Waals surface area contributed by atoms with Crippen LogP contribution in [0.4, 0.5) is 24.5 Å². The second kappa shape index (κ2) is 19.9. The van der Waals surface area contributed by atoms with E-state index in [4.69, 9.17) is 13.3 Å². The third-order valence-corrected chi connectivity index (χ3v) is 13.1. The minimum Gasteiger partial charge on any atom is -0.507 e. The molecule has 3 N–H and O–H groups in total. The van der Waals surface area contributed by atoms with Crippen molar-refractivity contribution >= 4 is 63.8 Å². The molecule has 332 valence electrons. The van der Waals surface area contributed by atoms with E-state index in [1.165, 1.54) is 43.0 Å². The molecular formula is C45H44F3N3O9S3. The number of hydrogen-bond donors (Lipinski definition) is 3. The van der Waals surface area contributed by atoms with Gasteiger partial charge in [-0.15, -0.1) is 23.5 Å². The van der Waals surface area contributed by atoms with Crippen LogP contribution < -0.4 is 16.9 Å². The lowest BCUT2D eigenvalue weighted by atomic mass is 10.1. The molecule has 2 aromatic carbocycles. The molecule has 63 heavy (non-hydrogen) atoms. The number of aromatic hydroxyl groups is 3. The second-order valence-electron chi connectivity index (χ2n) is 15.0. The fraction of sp³-hybridized carbons (Fsp3) is 0.333. The van der Waals surface area contributed by atoms with Crippen LogP contribution in [0.15, 0.2) is 113 Å². The summed E-state index contributed by atoms with van der Waals surface area (Å²) in [5.74, 6) is 1.59. The highest BCUT2D eigenvalue weighted by Gasteiger charge is 2.32. The molecule has 0 aliphatic carbocycles. The average molecular weight is 924 g/mol. The fourth-order valence-corrected chi connectivity index (χ4v) is 9.87. The molecular weight excluding hydrogens is 880 g/mol. The predicted molar refractivity (Wildman–Crippen MR) is 242 cm³/mol. The van der Waals surface area contributed by atoms with Gasteiger partial charge in [0, 0.05) is 75.3 Å². The zero-order chi connectivity index (χ0) is 45.7. The smallest absolute Gasteiger partial charge is 0.416 e. The summed E-state index contributed by atoms with van der Waals surface area (Å²) in [6.45, 7) is 11.5. The van der Waals surface area contributed by atoms with E-state index in [0.717, 1.165) is 28.5 Å². The molecule has 0 spiro atoms. The molecule has 3 aromatic heterocycles. The summed E-state index contributed by atoms with van der Waals surface area (Å²) in [6.07, 6.45) is -2.90. The number of halogens is 3. The van der Waals surface area contributed by atoms with E-state index in [2.05, 4.69) is 28.8 Å². The predicted octanol–water partition coefficient (Wildman–Crippen LogP) is 10.3. The lowest BCUT2D eigenvalue weighted by molar-refractivity contribution is -0.137. The van der Waals surface area contributed by atoms with Gasteiger partial charge < -0.3 is 28.6 Å². The van der Waals surface area contributed by atoms with Gasteiger partial charge in [0.15, 0.2) is 0 Å². The van der Waals surface area contributed by atoms with E-state index in [9.17, 15) is 42.9 Å². The van der Waals surface area contributed by atoms with Crippen LogP contribution in [-0.4, -0.2) is 60.5 Å². The zero-order valence-corrected chi connectivity index (χ0v) is 37.5. The van der Waals surface area contributed by atoms with Crippen molar-refractivity contribution in [3.8, 4) is 17.2 Å². The maximum atomic E-state index is 13.0. The number of aliphatic imine (C=N–C) groups is 3. The highest BCUT2D eigenvalue weighted by atomic mass is 32.2. The minimum absolute atomic E-state index is 0.0309. The van der Waals surface area contributed by atoms with Crippen LogP contribution in [-0.2, 0) is 6.18 Å². The van der Waals surface area contributed by atoms with Crippen molar-refractivity contribution in [3.63, 3.8) is 0 Å². The Morgan fingerprint density at radius 1 is 0.603 bits per heavy atom. The van der Waals surface area contributed by atoms with Gasteiger partial charge in [0.2, 0.25) is 0 Å². The first-order valence-electron chi connectivity index (χ1n) is 19.7. The Labute approximate surface area is 372 Å². The number of rotatable bonds is 3. The number of alkyl halides is 3. The number of thioether (sulfide) groups is 3. The van der Waals surface area contributed by atoms with E-state index in [1.807, 2.05) is 43.0 Å². The summed E-state index contributed by atoms with van der Waals surface area (Å²) in [5, 5.41) is 30.7. The number of hydrogen-bond acceptors (Lipinski definition) is 15. The molecule has 3 aliphatic heterocycles. The summed E-state index contributed by atoms with van der Waals surface area (Å²) in [6, 6.07) is 15.3. The highest BCUT2D eigenvalue weighted by molar-refractivity contribution is 8.00. The van der Waals surface area contributed by atoms with Crippen molar-refractivity contribution < 1.29 is 41.7 Å². The van der Waals surface area contributed by atoms with Gasteiger partial charge in [-0.25, -0.2) is 14.4 Å². The van der Waals surface area contributed by atoms with Crippen LogP contribution in [0, 0.1) is 20.8 Å². The molecule has 8 rings (SSSR count). The van der Waals surface area contributed by atoms with Crippen molar-refractivity contribution in [2.24, 2.45) is 15.0 Å².